The Hall–Kier alpha value is -4.08. The second kappa shape index (κ2) is 12.5. The fourth-order valence-corrected chi connectivity index (χ4v) is 6.86. The first-order valence-corrected chi connectivity index (χ1v) is 16.0. The van der Waals surface area contributed by atoms with E-state index in [1.54, 1.807) is 10.9 Å². The first kappa shape index (κ1) is 28.7. The highest BCUT2D eigenvalue weighted by atomic mass is 35.5. The van der Waals surface area contributed by atoms with Crippen LogP contribution in [0.2, 0.25) is 5.02 Å². The summed E-state index contributed by atoms with van der Waals surface area (Å²) < 4.78 is 1.79. The summed E-state index contributed by atoms with van der Waals surface area (Å²) in [5.41, 5.74) is 7.75. The van der Waals surface area contributed by atoms with Gasteiger partial charge in [-0.15, -0.1) is 5.10 Å². The fraction of sp³-hybridized carbons (Fsp3) is 0.382. The molecule has 1 aliphatic carbocycles. The lowest BCUT2D eigenvalue weighted by Crippen LogP contribution is -2.49. The van der Waals surface area contributed by atoms with Crippen molar-refractivity contribution in [3.8, 4) is 5.69 Å². The van der Waals surface area contributed by atoms with Crippen LogP contribution in [0, 0.1) is 0 Å². The van der Waals surface area contributed by atoms with E-state index in [9.17, 15) is 4.79 Å². The highest BCUT2D eigenvalue weighted by Crippen LogP contribution is 2.36. The van der Waals surface area contributed by atoms with Gasteiger partial charge in [-0.1, -0.05) is 35.0 Å². The Kier molecular flexibility index (Phi) is 8.14. The predicted molar refractivity (Wildman–Crippen MR) is 174 cm³/mol. The average molecular weight is 609 g/mol. The molecule has 0 bridgehead atoms. The molecule has 1 saturated heterocycles. The molecular formula is C34H37ClN8O. The summed E-state index contributed by atoms with van der Waals surface area (Å²) in [5.74, 6) is 0.246. The van der Waals surface area contributed by atoms with Crippen LogP contribution in [0.15, 0.2) is 60.9 Å². The van der Waals surface area contributed by atoms with Gasteiger partial charge in [-0.25, -0.2) is 4.68 Å². The monoisotopic (exact) mass is 608 g/mol. The highest BCUT2D eigenvalue weighted by molar-refractivity contribution is 6.31. The maximum Gasteiger partial charge on any atom is 0.222 e. The molecule has 1 fully saturated rings. The van der Waals surface area contributed by atoms with Gasteiger partial charge < -0.3 is 14.7 Å². The Balaban J connectivity index is 0.917. The van der Waals surface area contributed by atoms with Gasteiger partial charge in [0.2, 0.25) is 5.91 Å². The van der Waals surface area contributed by atoms with Crippen LogP contribution in [-0.2, 0) is 24.2 Å². The Morgan fingerprint density at radius 3 is 2.70 bits per heavy atom. The normalized spacial score (nSPS) is 15.3. The number of aromatic nitrogens is 5. The largest absolute Gasteiger partial charge is 0.367 e. The topological polar surface area (TPSA) is 83.3 Å². The summed E-state index contributed by atoms with van der Waals surface area (Å²) >= 11 is 6.14. The van der Waals surface area contributed by atoms with Crippen molar-refractivity contribution in [1.82, 2.24) is 34.8 Å². The summed E-state index contributed by atoms with van der Waals surface area (Å²) in [5, 5.41) is 11.6. The molecule has 3 aromatic heterocycles. The maximum absolute atomic E-state index is 13.2. The quantitative estimate of drug-likeness (QED) is 0.231. The van der Waals surface area contributed by atoms with E-state index in [1.807, 2.05) is 35.4 Å². The number of para-hydroxylation sites is 1. The molecule has 0 atom stereocenters. The number of nitrogens with zero attached hydrogens (tertiary/aromatic N) is 8. The number of carbonyl (C=O) groups is 1. The van der Waals surface area contributed by atoms with Crippen LogP contribution >= 0.6 is 11.6 Å². The van der Waals surface area contributed by atoms with Crippen molar-refractivity contribution < 1.29 is 4.79 Å². The number of hydrogen-bond acceptors (Lipinski definition) is 7. The molecule has 0 saturated carbocycles. The minimum absolute atomic E-state index is 0.246. The number of rotatable bonds is 8. The number of amides is 1. The van der Waals surface area contributed by atoms with E-state index in [4.69, 9.17) is 16.6 Å². The van der Waals surface area contributed by atoms with Crippen LogP contribution in [-0.4, -0.2) is 80.4 Å². The van der Waals surface area contributed by atoms with Crippen LogP contribution in [0.1, 0.15) is 42.6 Å². The molecule has 0 spiro atoms. The van der Waals surface area contributed by atoms with E-state index in [2.05, 4.69) is 56.4 Å². The Morgan fingerprint density at radius 2 is 1.82 bits per heavy atom. The van der Waals surface area contributed by atoms with Gasteiger partial charge in [-0.05, 0) is 81.6 Å². The molecule has 44 heavy (non-hydrogen) atoms. The van der Waals surface area contributed by atoms with E-state index >= 15 is 0 Å². The molecule has 0 radical (unpaired) electrons. The van der Waals surface area contributed by atoms with Crippen LogP contribution in [0.3, 0.4) is 0 Å². The fourth-order valence-electron chi connectivity index (χ4n) is 6.70. The Morgan fingerprint density at radius 1 is 0.977 bits per heavy atom. The van der Waals surface area contributed by atoms with Gasteiger partial charge in [-0.2, -0.15) is 0 Å². The lowest BCUT2D eigenvalue weighted by Gasteiger charge is -2.38. The van der Waals surface area contributed by atoms with Gasteiger partial charge in [0.25, 0.3) is 0 Å². The lowest BCUT2D eigenvalue weighted by atomic mass is 9.92. The van der Waals surface area contributed by atoms with Crippen LogP contribution < -0.4 is 4.90 Å². The van der Waals surface area contributed by atoms with E-state index in [0.717, 1.165) is 79.8 Å². The van der Waals surface area contributed by atoms with E-state index in [-0.39, 0.29) is 5.91 Å². The summed E-state index contributed by atoms with van der Waals surface area (Å²) in [6.45, 7) is 4.72. The number of halogens is 1. The minimum atomic E-state index is 0.246. The number of fused-ring (bicyclic) bond motifs is 3. The first-order chi connectivity index (χ1) is 21.5. The molecule has 7 rings (SSSR count). The molecule has 4 heterocycles. The molecule has 5 aromatic rings. The molecule has 226 valence electrons. The van der Waals surface area contributed by atoms with Crippen molar-refractivity contribution in [3.05, 3.63) is 82.9 Å². The molecule has 2 aromatic carbocycles. The minimum Gasteiger partial charge on any atom is -0.367 e. The number of benzene rings is 2. The van der Waals surface area contributed by atoms with Crippen molar-refractivity contribution in [2.75, 3.05) is 44.7 Å². The molecule has 2 aliphatic rings. The van der Waals surface area contributed by atoms with Gasteiger partial charge in [0.05, 0.1) is 34.3 Å². The van der Waals surface area contributed by atoms with Crippen molar-refractivity contribution in [2.45, 2.75) is 45.1 Å². The average Bonchev–Trinajstić information content (AvgIpc) is 3.51. The lowest BCUT2D eigenvalue weighted by molar-refractivity contribution is -0.131. The van der Waals surface area contributed by atoms with Gasteiger partial charge in [0.15, 0.2) is 0 Å². The second-order valence-electron chi connectivity index (χ2n) is 12.0. The Bertz CT molecular complexity index is 1810. The van der Waals surface area contributed by atoms with Gasteiger partial charge in [-0.3, -0.25) is 14.8 Å². The summed E-state index contributed by atoms with van der Waals surface area (Å²) in [7, 11) is 2.06. The molecular weight excluding hydrogens is 572 g/mol. The standard InChI is InChI=1S/C34H37ClN8O/c1-40(22-25-23-43(39-38-25)32-14-15-36-31-21-24(35)12-13-26(31)32)16-6-11-33(44)41-17-19-42(20-18-41)34-27-7-2-4-9-29(27)37-30-10-5-3-8-28(30)34/h2,4,7,9,12-15,21,23H,3,5-6,8,10-11,16-20,22H2,1H3. The van der Waals surface area contributed by atoms with Gasteiger partial charge >= 0.3 is 0 Å². The molecule has 10 heteroatoms. The smallest absolute Gasteiger partial charge is 0.222 e. The predicted octanol–water partition coefficient (Wildman–Crippen LogP) is 5.46. The zero-order chi connectivity index (χ0) is 30.0. The SMILES string of the molecule is CN(CCCC(=O)N1CCN(c2c3c(nc4ccccc24)CCCC3)CC1)Cc1cn(-c2ccnc3cc(Cl)ccc23)nn1. The van der Waals surface area contributed by atoms with Gasteiger partial charge in [0.1, 0.15) is 0 Å². The number of hydrogen-bond donors (Lipinski definition) is 0. The van der Waals surface area contributed by atoms with Crippen molar-refractivity contribution in [1.29, 1.82) is 0 Å². The van der Waals surface area contributed by atoms with E-state index < -0.39 is 0 Å². The first-order valence-electron chi connectivity index (χ1n) is 15.6. The number of carbonyl (C=O) groups excluding carboxylic acids is 1. The summed E-state index contributed by atoms with van der Waals surface area (Å²) in [4.78, 5) is 29.3. The molecule has 1 amide bonds. The molecule has 9 nitrogen and oxygen atoms in total. The highest BCUT2D eigenvalue weighted by Gasteiger charge is 2.26. The summed E-state index contributed by atoms with van der Waals surface area (Å²) in [6, 6.07) is 16.1. The van der Waals surface area contributed by atoms with E-state index in [1.165, 1.54) is 35.2 Å². The third-order valence-corrected chi connectivity index (χ3v) is 9.15. The zero-order valence-electron chi connectivity index (χ0n) is 25.1. The maximum atomic E-state index is 13.2. The van der Waals surface area contributed by atoms with Crippen molar-refractivity contribution in [2.24, 2.45) is 0 Å². The number of aryl methyl sites for hydroxylation is 1. The second-order valence-corrected chi connectivity index (χ2v) is 12.4. The third-order valence-electron chi connectivity index (χ3n) is 8.92. The van der Waals surface area contributed by atoms with Crippen molar-refractivity contribution in [3.63, 3.8) is 0 Å². The number of pyridine rings is 2. The van der Waals surface area contributed by atoms with Crippen LogP contribution in [0.5, 0.6) is 0 Å². The van der Waals surface area contributed by atoms with Crippen LogP contribution in [0.4, 0.5) is 5.69 Å². The molecule has 1 aliphatic heterocycles. The molecule has 0 unspecified atom stereocenters. The van der Waals surface area contributed by atoms with Crippen LogP contribution in [0.25, 0.3) is 27.5 Å². The van der Waals surface area contributed by atoms with E-state index in [0.29, 0.717) is 18.0 Å². The van der Waals surface area contributed by atoms with Crippen molar-refractivity contribution >= 4 is 45.0 Å². The zero-order valence-corrected chi connectivity index (χ0v) is 25.9. The number of piperazine rings is 1. The number of anilines is 1. The Labute approximate surface area is 262 Å². The molecule has 0 N–H and O–H groups in total. The van der Waals surface area contributed by atoms with Gasteiger partial charge in [0, 0.05) is 66.8 Å². The summed E-state index contributed by atoms with van der Waals surface area (Å²) in [6.07, 6.45) is 9.67. The third kappa shape index (κ3) is 5.86.